The standard InChI is InChI=1S/C10H15N5O3/c1-6(10(16)14(2)3)12-8-5-4-7(15(17)18)9(11)13-8/h4-6H,1-3H3,(H3,11,12,13). The van der Waals surface area contributed by atoms with Crippen molar-refractivity contribution >= 4 is 23.2 Å². The van der Waals surface area contributed by atoms with Crippen LogP contribution < -0.4 is 11.1 Å². The Morgan fingerprint density at radius 3 is 2.61 bits per heavy atom. The van der Waals surface area contributed by atoms with Gasteiger partial charge in [-0.05, 0) is 13.0 Å². The summed E-state index contributed by atoms with van der Waals surface area (Å²) in [5, 5.41) is 13.4. The van der Waals surface area contributed by atoms with Crippen LogP contribution in [-0.2, 0) is 4.79 Å². The van der Waals surface area contributed by atoms with Crippen molar-refractivity contribution in [2.45, 2.75) is 13.0 Å². The molecule has 1 rings (SSSR count). The van der Waals surface area contributed by atoms with E-state index >= 15 is 0 Å². The maximum Gasteiger partial charge on any atom is 0.311 e. The van der Waals surface area contributed by atoms with Crippen molar-refractivity contribution in [1.29, 1.82) is 0 Å². The van der Waals surface area contributed by atoms with Gasteiger partial charge in [-0.3, -0.25) is 14.9 Å². The number of anilines is 2. The van der Waals surface area contributed by atoms with Crippen LogP contribution in [0.15, 0.2) is 12.1 Å². The Bertz CT molecular complexity index is 475. The molecule has 1 amide bonds. The largest absolute Gasteiger partial charge is 0.378 e. The molecule has 98 valence electrons. The van der Waals surface area contributed by atoms with Gasteiger partial charge in [-0.25, -0.2) is 4.98 Å². The number of likely N-dealkylation sites (N-methyl/N-ethyl adjacent to an activating group) is 1. The molecule has 1 unspecified atom stereocenters. The summed E-state index contributed by atoms with van der Waals surface area (Å²) in [6, 6.07) is 2.17. The van der Waals surface area contributed by atoms with Gasteiger partial charge in [-0.1, -0.05) is 0 Å². The Morgan fingerprint density at radius 2 is 2.17 bits per heavy atom. The SMILES string of the molecule is CC(Nc1ccc([N+](=O)[O-])c(N)n1)C(=O)N(C)C. The zero-order chi connectivity index (χ0) is 13.9. The van der Waals surface area contributed by atoms with E-state index in [4.69, 9.17) is 5.73 Å². The third-order valence-electron chi connectivity index (χ3n) is 2.27. The van der Waals surface area contributed by atoms with Crippen molar-refractivity contribution < 1.29 is 9.72 Å². The fourth-order valence-electron chi connectivity index (χ4n) is 1.37. The lowest BCUT2D eigenvalue weighted by molar-refractivity contribution is -0.384. The first kappa shape index (κ1) is 13.7. The number of carbonyl (C=O) groups is 1. The Hall–Kier alpha value is -2.38. The van der Waals surface area contributed by atoms with Crippen LogP contribution in [0.4, 0.5) is 17.3 Å². The molecule has 1 aromatic heterocycles. The van der Waals surface area contributed by atoms with Crippen LogP contribution in [0.5, 0.6) is 0 Å². The van der Waals surface area contributed by atoms with E-state index in [1.165, 1.54) is 17.0 Å². The van der Waals surface area contributed by atoms with Gasteiger partial charge in [0.15, 0.2) is 0 Å². The van der Waals surface area contributed by atoms with Crippen LogP contribution in [0, 0.1) is 10.1 Å². The maximum absolute atomic E-state index is 11.6. The number of nitro groups is 1. The molecule has 0 saturated carbocycles. The number of rotatable bonds is 4. The summed E-state index contributed by atoms with van der Waals surface area (Å²) >= 11 is 0. The van der Waals surface area contributed by atoms with Gasteiger partial charge >= 0.3 is 5.69 Å². The van der Waals surface area contributed by atoms with Crippen LogP contribution >= 0.6 is 0 Å². The van der Waals surface area contributed by atoms with E-state index < -0.39 is 11.0 Å². The van der Waals surface area contributed by atoms with Gasteiger partial charge in [-0.15, -0.1) is 0 Å². The summed E-state index contributed by atoms with van der Waals surface area (Å²) in [4.78, 5) is 26.8. The number of nitrogens with two attached hydrogens (primary N) is 1. The lowest BCUT2D eigenvalue weighted by Crippen LogP contribution is -2.36. The number of pyridine rings is 1. The van der Waals surface area contributed by atoms with Crippen molar-refractivity contribution in [1.82, 2.24) is 9.88 Å². The smallest absolute Gasteiger partial charge is 0.311 e. The van der Waals surface area contributed by atoms with Crippen molar-refractivity contribution in [3.05, 3.63) is 22.2 Å². The fraction of sp³-hybridized carbons (Fsp3) is 0.400. The second-order valence-corrected chi connectivity index (χ2v) is 3.96. The predicted molar refractivity (Wildman–Crippen MR) is 67.1 cm³/mol. The molecule has 0 aliphatic rings. The first-order valence-corrected chi connectivity index (χ1v) is 5.21. The summed E-state index contributed by atoms with van der Waals surface area (Å²) < 4.78 is 0. The number of aromatic nitrogens is 1. The molecular weight excluding hydrogens is 238 g/mol. The average Bonchev–Trinajstić information content (AvgIpc) is 2.27. The molecule has 0 bridgehead atoms. The van der Waals surface area contributed by atoms with E-state index in [9.17, 15) is 14.9 Å². The van der Waals surface area contributed by atoms with Crippen molar-refractivity contribution in [3.8, 4) is 0 Å². The molecule has 0 aliphatic heterocycles. The van der Waals surface area contributed by atoms with E-state index in [0.29, 0.717) is 5.82 Å². The molecule has 0 saturated heterocycles. The van der Waals surface area contributed by atoms with Crippen molar-refractivity contribution in [2.75, 3.05) is 25.1 Å². The molecular formula is C10H15N5O3. The Morgan fingerprint density at radius 1 is 1.56 bits per heavy atom. The molecule has 8 nitrogen and oxygen atoms in total. The molecule has 3 N–H and O–H groups in total. The lowest BCUT2D eigenvalue weighted by atomic mass is 10.3. The highest BCUT2D eigenvalue weighted by Gasteiger charge is 2.17. The third kappa shape index (κ3) is 3.06. The minimum absolute atomic E-state index is 0.131. The quantitative estimate of drug-likeness (QED) is 0.595. The number of carbonyl (C=O) groups excluding carboxylic acids is 1. The first-order valence-electron chi connectivity index (χ1n) is 5.21. The van der Waals surface area contributed by atoms with Gasteiger partial charge in [0.25, 0.3) is 0 Å². The van der Waals surface area contributed by atoms with Crippen LogP contribution in [-0.4, -0.2) is 40.9 Å². The first-order chi connectivity index (χ1) is 8.32. The molecule has 0 spiro atoms. The highest BCUT2D eigenvalue weighted by Crippen LogP contribution is 2.21. The number of hydrogen-bond donors (Lipinski definition) is 2. The summed E-state index contributed by atoms with van der Waals surface area (Å²) in [5.74, 6) is 0.00373. The third-order valence-corrected chi connectivity index (χ3v) is 2.27. The minimum atomic E-state index is -0.611. The van der Waals surface area contributed by atoms with Crippen molar-refractivity contribution in [3.63, 3.8) is 0 Å². The number of hydrogen-bond acceptors (Lipinski definition) is 6. The molecule has 18 heavy (non-hydrogen) atoms. The van der Waals surface area contributed by atoms with Crippen LogP contribution in [0.3, 0.4) is 0 Å². The van der Waals surface area contributed by atoms with Gasteiger partial charge in [-0.2, -0.15) is 0 Å². The Kier molecular flexibility index (Phi) is 4.03. The molecule has 8 heteroatoms. The van der Waals surface area contributed by atoms with Gasteiger partial charge in [0, 0.05) is 20.2 Å². The van der Waals surface area contributed by atoms with Gasteiger partial charge < -0.3 is 16.0 Å². The molecule has 0 fully saturated rings. The zero-order valence-electron chi connectivity index (χ0n) is 10.4. The summed E-state index contributed by atoms with van der Waals surface area (Å²) in [7, 11) is 3.27. The van der Waals surface area contributed by atoms with Crippen molar-refractivity contribution in [2.24, 2.45) is 0 Å². The van der Waals surface area contributed by atoms with Crippen LogP contribution in [0.2, 0.25) is 0 Å². The highest BCUT2D eigenvalue weighted by atomic mass is 16.6. The van der Waals surface area contributed by atoms with E-state index in [2.05, 4.69) is 10.3 Å². The number of nitrogens with one attached hydrogen (secondary N) is 1. The topological polar surface area (TPSA) is 114 Å². The molecule has 0 aliphatic carbocycles. The monoisotopic (exact) mass is 253 g/mol. The Balaban J connectivity index is 2.84. The fourth-order valence-corrected chi connectivity index (χ4v) is 1.37. The molecule has 1 heterocycles. The average molecular weight is 253 g/mol. The van der Waals surface area contributed by atoms with E-state index in [0.717, 1.165) is 0 Å². The summed E-state index contributed by atoms with van der Waals surface area (Å²) in [6.45, 7) is 1.67. The Labute approximate surface area is 104 Å². The van der Waals surface area contributed by atoms with E-state index in [1.54, 1.807) is 21.0 Å². The lowest BCUT2D eigenvalue weighted by Gasteiger charge is -2.18. The van der Waals surface area contributed by atoms with E-state index in [1.807, 2.05) is 0 Å². The number of nitrogen functional groups attached to an aromatic ring is 1. The zero-order valence-corrected chi connectivity index (χ0v) is 10.4. The van der Waals surface area contributed by atoms with Gasteiger partial charge in [0.2, 0.25) is 11.7 Å². The van der Waals surface area contributed by atoms with Gasteiger partial charge in [0.1, 0.15) is 11.9 Å². The second-order valence-electron chi connectivity index (χ2n) is 3.96. The number of amides is 1. The normalized spacial score (nSPS) is 11.7. The molecule has 0 radical (unpaired) electrons. The minimum Gasteiger partial charge on any atom is -0.378 e. The molecule has 1 aromatic rings. The van der Waals surface area contributed by atoms with Gasteiger partial charge in [0.05, 0.1) is 4.92 Å². The highest BCUT2D eigenvalue weighted by molar-refractivity contribution is 5.83. The molecule has 1 atom stereocenters. The predicted octanol–water partition coefficient (Wildman–Crippen LogP) is 0.461. The second kappa shape index (κ2) is 5.30. The summed E-state index contributed by atoms with van der Waals surface area (Å²) in [5.41, 5.74) is 5.19. The van der Waals surface area contributed by atoms with Crippen LogP contribution in [0.25, 0.3) is 0 Å². The van der Waals surface area contributed by atoms with E-state index in [-0.39, 0.29) is 17.4 Å². The van der Waals surface area contributed by atoms with Crippen LogP contribution in [0.1, 0.15) is 6.92 Å². The summed E-state index contributed by atoms with van der Waals surface area (Å²) in [6.07, 6.45) is 0. The maximum atomic E-state index is 11.6. The molecule has 0 aromatic carbocycles. The number of nitrogens with zero attached hydrogens (tertiary/aromatic N) is 3.